The molecule has 0 unspecified atom stereocenters. The Hall–Kier alpha value is -1.90. The first kappa shape index (κ1) is 10.2. The SMILES string of the molecule is NC(=O)CC=Cc1cccc(C=O)c1. The molecule has 0 aromatic heterocycles. The molecule has 1 amide bonds. The van der Waals surface area contributed by atoms with E-state index in [1.54, 1.807) is 30.4 Å². The molecule has 0 aliphatic heterocycles. The van der Waals surface area contributed by atoms with Crippen LogP contribution in [-0.4, -0.2) is 12.2 Å². The van der Waals surface area contributed by atoms with Crippen molar-refractivity contribution in [2.45, 2.75) is 6.42 Å². The highest BCUT2D eigenvalue weighted by Crippen LogP contribution is 2.05. The molecule has 0 fully saturated rings. The number of rotatable bonds is 4. The molecule has 1 aromatic rings. The number of hydrogen-bond donors (Lipinski definition) is 1. The quantitative estimate of drug-likeness (QED) is 0.727. The van der Waals surface area contributed by atoms with E-state index in [0.29, 0.717) is 5.56 Å². The maximum atomic E-state index is 10.4. The summed E-state index contributed by atoms with van der Waals surface area (Å²) in [7, 11) is 0. The normalized spacial score (nSPS) is 10.3. The van der Waals surface area contributed by atoms with Crippen molar-refractivity contribution < 1.29 is 9.59 Å². The van der Waals surface area contributed by atoms with Crippen molar-refractivity contribution in [3.63, 3.8) is 0 Å². The molecule has 3 heteroatoms. The van der Waals surface area contributed by atoms with Gasteiger partial charge in [-0.25, -0.2) is 0 Å². The average Bonchev–Trinajstić information content (AvgIpc) is 2.18. The summed E-state index contributed by atoms with van der Waals surface area (Å²) < 4.78 is 0. The lowest BCUT2D eigenvalue weighted by molar-refractivity contribution is -0.117. The minimum absolute atomic E-state index is 0.214. The van der Waals surface area contributed by atoms with Crippen LogP contribution >= 0.6 is 0 Å². The van der Waals surface area contributed by atoms with Gasteiger partial charge >= 0.3 is 0 Å². The van der Waals surface area contributed by atoms with Gasteiger partial charge in [-0.05, 0) is 11.6 Å². The van der Waals surface area contributed by atoms with Crippen molar-refractivity contribution in [1.29, 1.82) is 0 Å². The third-order valence-corrected chi connectivity index (χ3v) is 1.68. The molecule has 0 bridgehead atoms. The number of carbonyl (C=O) groups is 2. The Morgan fingerprint density at radius 1 is 1.36 bits per heavy atom. The van der Waals surface area contributed by atoms with Crippen LogP contribution < -0.4 is 5.73 Å². The van der Waals surface area contributed by atoms with E-state index in [9.17, 15) is 9.59 Å². The van der Waals surface area contributed by atoms with Crippen LogP contribution in [-0.2, 0) is 4.79 Å². The smallest absolute Gasteiger partial charge is 0.221 e. The molecule has 1 aromatic carbocycles. The summed E-state index contributed by atoms with van der Waals surface area (Å²) in [6, 6.07) is 7.10. The van der Waals surface area contributed by atoms with Gasteiger partial charge in [0, 0.05) is 12.0 Å². The highest BCUT2D eigenvalue weighted by molar-refractivity contribution is 5.78. The number of benzene rings is 1. The van der Waals surface area contributed by atoms with Crippen molar-refractivity contribution in [2.75, 3.05) is 0 Å². The second kappa shape index (κ2) is 4.97. The first-order valence-electron chi connectivity index (χ1n) is 4.22. The summed E-state index contributed by atoms with van der Waals surface area (Å²) in [5.41, 5.74) is 6.47. The van der Waals surface area contributed by atoms with Crippen molar-refractivity contribution in [2.24, 2.45) is 5.73 Å². The Labute approximate surface area is 82.2 Å². The van der Waals surface area contributed by atoms with Gasteiger partial charge in [-0.2, -0.15) is 0 Å². The summed E-state index contributed by atoms with van der Waals surface area (Å²) >= 11 is 0. The van der Waals surface area contributed by atoms with Gasteiger partial charge in [-0.1, -0.05) is 30.4 Å². The van der Waals surface area contributed by atoms with E-state index in [0.717, 1.165) is 11.8 Å². The molecule has 0 aliphatic rings. The summed E-state index contributed by atoms with van der Waals surface area (Å²) in [5.74, 6) is -0.368. The maximum absolute atomic E-state index is 10.4. The minimum atomic E-state index is -0.368. The molecule has 0 saturated carbocycles. The Morgan fingerprint density at radius 3 is 2.71 bits per heavy atom. The third-order valence-electron chi connectivity index (χ3n) is 1.68. The lowest BCUT2D eigenvalue weighted by atomic mass is 10.1. The number of primary amides is 1. The topological polar surface area (TPSA) is 60.2 Å². The van der Waals surface area contributed by atoms with Crippen molar-refractivity contribution in [3.05, 3.63) is 41.5 Å². The second-order valence-corrected chi connectivity index (χ2v) is 2.86. The van der Waals surface area contributed by atoms with Gasteiger partial charge in [0.1, 0.15) is 6.29 Å². The summed E-state index contributed by atoms with van der Waals surface area (Å²) in [6.45, 7) is 0. The van der Waals surface area contributed by atoms with E-state index in [1.165, 1.54) is 0 Å². The van der Waals surface area contributed by atoms with Crippen LogP contribution in [0.3, 0.4) is 0 Å². The van der Waals surface area contributed by atoms with Gasteiger partial charge in [0.2, 0.25) is 5.91 Å². The maximum Gasteiger partial charge on any atom is 0.221 e. The van der Waals surface area contributed by atoms with E-state index in [2.05, 4.69) is 0 Å². The molecule has 1 rings (SSSR count). The lowest BCUT2D eigenvalue weighted by Crippen LogP contribution is -2.07. The molecule has 0 aliphatic carbocycles. The molecule has 14 heavy (non-hydrogen) atoms. The zero-order valence-corrected chi connectivity index (χ0v) is 7.64. The zero-order valence-electron chi connectivity index (χ0n) is 7.64. The van der Waals surface area contributed by atoms with Crippen LogP contribution in [0.4, 0.5) is 0 Å². The zero-order chi connectivity index (χ0) is 10.4. The standard InChI is InChI=1S/C11H11NO2/c12-11(14)6-2-4-9-3-1-5-10(7-9)8-13/h1-5,7-8H,6H2,(H2,12,14). The highest BCUT2D eigenvalue weighted by atomic mass is 16.1. The highest BCUT2D eigenvalue weighted by Gasteiger charge is 1.91. The predicted octanol–water partition coefficient (Wildman–Crippen LogP) is 1.39. The summed E-state index contributed by atoms with van der Waals surface area (Å²) in [6.07, 6.45) is 4.43. The lowest BCUT2D eigenvalue weighted by Gasteiger charge is -1.93. The number of aldehydes is 1. The van der Waals surface area contributed by atoms with Crippen LogP contribution in [0.2, 0.25) is 0 Å². The van der Waals surface area contributed by atoms with Crippen LogP contribution in [0.1, 0.15) is 22.3 Å². The molecule has 2 N–H and O–H groups in total. The second-order valence-electron chi connectivity index (χ2n) is 2.86. The van der Waals surface area contributed by atoms with Crippen LogP contribution in [0.5, 0.6) is 0 Å². The van der Waals surface area contributed by atoms with Crippen LogP contribution in [0.15, 0.2) is 30.3 Å². The largest absolute Gasteiger partial charge is 0.369 e. The van der Waals surface area contributed by atoms with Gasteiger partial charge < -0.3 is 5.73 Å². The minimum Gasteiger partial charge on any atom is -0.369 e. The number of carbonyl (C=O) groups excluding carboxylic acids is 2. The fourth-order valence-electron chi connectivity index (χ4n) is 1.05. The Morgan fingerprint density at radius 2 is 2.07 bits per heavy atom. The fraction of sp³-hybridized carbons (Fsp3) is 0.0909. The van der Waals surface area contributed by atoms with Crippen molar-refractivity contribution in [3.8, 4) is 0 Å². The van der Waals surface area contributed by atoms with Crippen LogP contribution in [0.25, 0.3) is 6.08 Å². The molecule has 0 atom stereocenters. The molecule has 0 radical (unpaired) electrons. The van der Waals surface area contributed by atoms with Gasteiger partial charge in [0.05, 0.1) is 0 Å². The number of amides is 1. The van der Waals surface area contributed by atoms with Gasteiger partial charge in [-0.3, -0.25) is 9.59 Å². The van der Waals surface area contributed by atoms with E-state index in [1.807, 2.05) is 6.07 Å². The molecule has 0 spiro atoms. The Balaban J connectivity index is 2.71. The molecular weight excluding hydrogens is 178 g/mol. The van der Waals surface area contributed by atoms with Crippen LogP contribution in [0, 0.1) is 0 Å². The number of hydrogen-bond acceptors (Lipinski definition) is 2. The van der Waals surface area contributed by atoms with Gasteiger partial charge in [0.15, 0.2) is 0 Å². The molecule has 3 nitrogen and oxygen atoms in total. The van der Waals surface area contributed by atoms with Crippen molar-refractivity contribution in [1.82, 2.24) is 0 Å². The molecular formula is C11H11NO2. The van der Waals surface area contributed by atoms with E-state index < -0.39 is 0 Å². The average molecular weight is 189 g/mol. The molecule has 72 valence electrons. The third kappa shape index (κ3) is 3.23. The predicted molar refractivity (Wildman–Crippen MR) is 54.7 cm³/mol. The van der Waals surface area contributed by atoms with E-state index >= 15 is 0 Å². The Bertz CT molecular complexity index is 369. The Kier molecular flexibility index (Phi) is 3.61. The first-order chi connectivity index (χ1) is 6.72. The monoisotopic (exact) mass is 189 g/mol. The first-order valence-corrected chi connectivity index (χ1v) is 4.22. The summed E-state index contributed by atoms with van der Waals surface area (Å²) in [5, 5.41) is 0. The van der Waals surface area contributed by atoms with Crippen molar-refractivity contribution >= 4 is 18.3 Å². The van der Waals surface area contributed by atoms with E-state index in [-0.39, 0.29) is 12.3 Å². The van der Waals surface area contributed by atoms with Gasteiger partial charge in [-0.15, -0.1) is 0 Å². The molecule has 0 heterocycles. The number of nitrogens with two attached hydrogens (primary N) is 1. The van der Waals surface area contributed by atoms with E-state index in [4.69, 9.17) is 5.73 Å². The molecule has 0 saturated heterocycles. The van der Waals surface area contributed by atoms with Gasteiger partial charge in [0.25, 0.3) is 0 Å². The fourth-order valence-corrected chi connectivity index (χ4v) is 1.05. The summed E-state index contributed by atoms with van der Waals surface area (Å²) in [4.78, 5) is 20.9.